The number of esters is 1. The molecule has 1 spiro atoms. The molecule has 7 nitrogen and oxygen atoms in total. The Labute approximate surface area is 183 Å². The van der Waals surface area contributed by atoms with E-state index in [0.717, 1.165) is 32.1 Å². The van der Waals surface area contributed by atoms with Crippen LogP contribution < -0.4 is 5.32 Å². The number of hydrogen-bond acceptors (Lipinski definition) is 6. The van der Waals surface area contributed by atoms with Crippen LogP contribution in [0.3, 0.4) is 0 Å². The van der Waals surface area contributed by atoms with Gasteiger partial charge in [-0.15, -0.1) is 11.8 Å². The minimum atomic E-state index is -0.566. The van der Waals surface area contributed by atoms with Crippen LogP contribution >= 0.6 is 11.8 Å². The molecular formula is C22H36N2O5S. The van der Waals surface area contributed by atoms with Crippen LogP contribution in [0.4, 0.5) is 0 Å². The van der Waals surface area contributed by atoms with Gasteiger partial charge < -0.3 is 20.1 Å². The molecule has 3 heterocycles. The molecule has 2 amide bonds. The third kappa shape index (κ3) is 3.85. The molecule has 6 atom stereocenters. The number of aliphatic hydroxyl groups is 1. The number of carbonyl (C=O) groups is 3. The molecule has 0 aromatic carbocycles. The first kappa shape index (κ1) is 23.4. The van der Waals surface area contributed by atoms with E-state index in [1.54, 1.807) is 23.6 Å². The molecule has 30 heavy (non-hydrogen) atoms. The quantitative estimate of drug-likeness (QED) is 0.398. The number of nitrogens with zero attached hydrogens (tertiary/aromatic N) is 1. The molecular weight excluding hydrogens is 404 g/mol. The average Bonchev–Trinajstić information content (AvgIpc) is 3.25. The van der Waals surface area contributed by atoms with Crippen molar-refractivity contribution in [3.63, 3.8) is 0 Å². The zero-order valence-corrected chi connectivity index (χ0v) is 19.4. The van der Waals surface area contributed by atoms with Crippen molar-refractivity contribution in [2.75, 3.05) is 19.8 Å². The Bertz CT molecular complexity index is 672. The lowest BCUT2D eigenvalue weighted by Crippen LogP contribution is -2.57. The summed E-state index contributed by atoms with van der Waals surface area (Å²) in [7, 11) is 0. The minimum absolute atomic E-state index is 0.0192. The van der Waals surface area contributed by atoms with Crippen LogP contribution in [0.2, 0.25) is 0 Å². The highest BCUT2D eigenvalue weighted by atomic mass is 32.2. The number of hydrogen-bond donors (Lipinski definition) is 2. The fourth-order valence-electron chi connectivity index (χ4n) is 5.68. The van der Waals surface area contributed by atoms with E-state index in [1.807, 2.05) is 13.8 Å². The first-order valence-corrected chi connectivity index (χ1v) is 12.2. The summed E-state index contributed by atoms with van der Waals surface area (Å²) in [5, 5.41) is 12.1. The number of carbonyl (C=O) groups excluding carboxylic acids is 3. The van der Waals surface area contributed by atoms with E-state index in [9.17, 15) is 14.4 Å². The zero-order valence-electron chi connectivity index (χ0n) is 18.6. The highest BCUT2D eigenvalue weighted by Gasteiger charge is 2.76. The molecule has 0 aromatic heterocycles. The lowest BCUT2D eigenvalue weighted by Gasteiger charge is -2.38. The Hall–Kier alpha value is -1.28. The minimum Gasteiger partial charge on any atom is -0.466 e. The number of nitrogens with one attached hydrogen (secondary N) is 1. The Morgan fingerprint density at radius 2 is 2.00 bits per heavy atom. The van der Waals surface area contributed by atoms with Crippen molar-refractivity contribution in [2.24, 2.45) is 17.8 Å². The molecule has 170 valence electrons. The molecule has 0 aromatic rings. The lowest BCUT2D eigenvalue weighted by atomic mass is 9.66. The molecule has 3 rings (SSSR count). The second-order valence-corrected chi connectivity index (χ2v) is 10.7. The van der Waals surface area contributed by atoms with E-state index in [0.29, 0.717) is 13.2 Å². The average molecular weight is 441 g/mol. The van der Waals surface area contributed by atoms with Crippen molar-refractivity contribution in [2.45, 2.75) is 81.9 Å². The maximum atomic E-state index is 13.6. The summed E-state index contributed by atoms with van der Waals surface area (Å²) in [5.74, 6) is -1.26. The number of aliphatic hydroxyl groups excluding tert-OH is 1. The largest absolute Gasteiger partial charge is 0.466 e. The molecule has 3 unspecified atom stereocenters. The number of unbranched alkanes of at least 4 members (excludes halogenated alkanes) is 3. The van der Waals surface area contributed by atoms with E-state index in [1.165, 1.54) is 0 Å². The highest BCUT2D eigenvalue weighted by Crippen LogP contribution is 2.68. The first-order valence-electron chi connectivity index (χ1n) is 11.4. The Balaban J connectivity index is 1.90. The van der Waals surface area contributed by atoms with Crippen LogP contribution in [-0.4, -0.2) is 69.6 Å². The van der Waals surface area contributed by atoms with Gasteiger partial charge in [-0.2, -0.15) is 0 Å². The van der Waals surface area contributed by atoms with Crippen molar-refractivity contribution in [1.29, 1.82) is 0 Å². The van der Waals surface area contributed by atoms with Gasteiger partial charge in [0.15, 0.2) is 0 Å². The number of thioether (sulfide) groups is 1. The molecule has 8 heteroatoms. The first-order chi connectivity index (χ1) is 14.3. The van der Waals surface area contributed by atoms with Crippen LogP contribution in [0, 0.1) is 17.8 Å². The molecule has 3 saturated heterocycles. The van der Waals surface area contributed by atoms with Crippen LogP contribution in [0.25, 0.3) is 0 Å². The van der Waals surface area contributed by atoms with E-state index >= 15 is 0 Å². The summed E-state index contributed by atoms with van der Waals surface area (Å²) in [6, 6.07) is -0.575. The third-order valence-corrected chi connectivity index (χ3v) is 8.87. The summed E-state index contributed by atoms with van der Waals surface area (Å²) < 4.78 is 4.77. The van der Waals surface area contributed by atoms with Gasteiger partial charge in [0, 0.05) is 24.4 Å². The molecule has 3 fully saturated rings. The fourth-order valence-corrected chi connectivity index (χ4v) is 8.09. The van der Waals surface area contributed by atoms with Gasteiger partial charge in [0.05, 0.1) is 23.2 Å². The van der Waals surface area contributed by atoms with Gasteiger partial charge in [0.1, 0.15) is 6.04 Å². The molecule has 3 aliphatic rings. The maximum absolute atomic E-state index is 13.6. The smallest absolute Gasteiger partial charge is 0.310 e. The van der Waals surface area contributed by atoms with Crippen LogP contribution in [0.1, 0.15) is 59.8 Å². The zero-order chi connectivity index (χ0) is 22.1. The molecule has 0 radical (unpaired) electrons. The summed E-state index contributed by atoms with van der Waals surface area (Å²) in [6.45, 7) is 8.72. The summed E-state index contributed by atoms with van der Waals surface area (Å²) in [4.78, 5) is 41.5. The van der Waals surface area contributed by atoms with Gasteiger partial charge in [-0.25, -0.2) is 0 Å². The van der Waals surface area contributed by atoms with Crippen molar-refractivity contribution in [3.8, 4) is 0 Å². The van der Waals surface area contributed by atoms with Gasteiger partial charge in [-0.3, -0.25) is 14.4 Å². The molecule has 0 aliphatic carbocycles. The lowest BCUT2D eigenvalue weighted by molar-refractivity contribution is -0.154. The Kier molecular flexibility index (Phi) is 7.38. The standard InChI is InChI=1S/C22H36N2O5S/c1-5-29-21(28)16-15-12-14(4)22(30-15)17(16)20(27)24(10-8-6-7-9-11-25)18(22)19(26)23-13(2)3/h13-18,25H,5-12H2,1-4H3,(H,23,26)/t14?,15-,16+,17+,18?,22?/m1/s1. The van der Waals surface area contributed by atoms with Gasteiger partial charge in [-0.1, -0.05) is 19.8 Å². The number of amides is 2. The van der Waals surface area contributed by atoms with Gasteiger partial charge in [-0.05, 0) is 46.0 Å². The second-order valence-electron chi connectivity index (χ2n) is 9.14. The van der Waals surface area contributed by atoms with Crippen molar-refractivity contribution >= 4 is 29.5 Å². The predicted octanol–water partition coefficient (Wildman–Crippen LogP) is 1.96. The molecule has 0 saturated carbocycles. The van der Waals surface area contributed by atoms with Gasteiger partial charge in [0.25, 0.3) is 0 Å². The Morgan fingerprint density at radius 1 is 1.30 bits per heavy atom. The van der Waals surface area contributed by atoms with E-state index in [-0.39, 0.29) is 41.6 Å². The van der Waals surface area contributed by atoms with Gasteiger partial charge >= 0.3 is 5.97 Å². The summed E-state index contributed by atoms with van der Waals surface area (Å²) >= 11 is 1.68. The SMILES string of the molecule is CCOC(=O)[C@@H]1[C@H]2C(=O)N(CCCCCCO)C(C(=O)NC(C)C)C23S[C@@H]1CC3C. The maximum Gasteiger partial charge on any atom is 0.310 e. The molecule has 2 N–H and O–H groups in total. The molecule has 3 aliphatic heterocycles. The number of ether oxygens (including phenoxy) is 1. The van der Waals surface area contributed by atoms with E-state index in [2.05, 4.69) is 12.2 Å². The van der Waals surface area contributed by atoms with Crippen LogP contribution in [0.5, 0.6) is 0 Å². The Morgan fingerprint density at radius 3 is 2.63 bits per heavy atom. The number of likely N-dealkylation sites (tertiary alicyclic amines) is 1. The normalized spacial score (nSPS) is 34.5. The fraction of sp³-hybridized carbons (Fsp3) is 0.864. The highest BCUT2D eigenvalue weighted by molar-refractivity contribution is 8.02. The van der Waals surface area contributed by atoms with Crippen LogP contribution in [0.15, 0.2) is 0 Å². The van der Waals surface area contributed by atoms with E-state index in [4.69, 9.17) is 9.84 Å². The topological polar surface area (TPSA) is 95.9 Å². The molecule has 2 bridgehead atoms. The second kappa shape index (κ2) is 9.47. The predicted molar refractivity (Wildman–Crippen MR) is 116 cm³/mol. The van der Waals surface area contributed by atoms with Crippen molar-refractivity contribution in [3.05, 3.63) is 0 Å². The monoisotopic (exact) mass is 440 g/mol. The van der Waals surface area contributed by atoms with Crippen LogP contribution in [-0.2, 0) is 19.1 Å². The van der Waals surface area contributed by atoms with Crippen molar-refractivity contribution < 1.29 is 24.2 Å². The third-order valence-electron chi connectivity index (χ3n) is 6.79. The summed E-state index contributed by atoms with van der Waals surface area (Å²) in [6.07, 6.45) is 4.15. The number of fused-ring (bicyclic) bond motifs is 1. The number of rotatable bonds is 10. The van der Waals surface area contributed by atoms with E-state index < -0.39 is 22.6 Å². The van der Waals surface area contributed by atoms with Crippen molar-refractivity contribution in [1.82, 2.24) is 10.2 Å². The summed E-state index contributed by atoms with van der Waals surface area (Å²) in [5.41, 5.74) is 0. The van der Waals surface area contributed by atoms with Gasteiger partial charge in [0.2, 0.25) is 11.8 Å².